The first-order chi connectivity index (χ1) is 16.1. The van der Waals surface area contributed by atoms with E-state index in [1.807, 2.05) is 55.6 Å². The van der Waals surface area contributed by atoms with Gasteiger partial charge in [-0.2, -0.15) is 0 Å². The van der Waals surface area contributed by atoms with Crippen LogP contribution in [-0.2, 0) is 13.6 Å². The maximum Gasteiger partial charge on any atom is 0.261 e. The third kappa shape index (κ3) is 4.55. The van der Waals surface area contributed by atoms with Crippen LogP contribution in [0.25, 0.3) is 22.1 Å². The average Bonchev–Trinajstić information content (AvgIpc) is 3.26. The van der Waals surface area contributed by atoms with E-state index in [4.69, 9.17) is 9.15 Å². The van der Waals surface area contributed by atoms with Gasteiger partial charge in [0, 0.05) is 56.7 Å². The van der Waals surface area contributed by atoms with Crippen LogP contribution in [0.2, 0.25) is 0 Å². The predicted molar refractivity (Wildman–Crippen MR) is 128 cm³/mol. The zero-order valence-electron chi connectivity index (χ0n) is 19.0. The molecular formula is C26H28N4O3. The molecule has 0 radical (unpaired) electrons. The van der Waals surface area contributed by atoms with Gasteiger partial charge in [-0.15, -0.1) is 0 Å². The molecule has 5 rings (SSSR count). The number of nitrogens with zero attached hydrogens (tertiary/aromatic N) is 3. The van der Waals surface area contributed by atoms with Gasteiger partial charge < -0.3 is 19.0 Å². The van der Waals surface area contributed by atoms with E-state index >= 15 is 0 Å². The number of aromatic nitrogens is 2. The van der Waals surface area contributed by atoms with Crippen LogP contribution in [0, 0.1) is 0 Å². The van der Waals surface area contributed by atoms with E-state index in [1.54, 1.807) is 24.0 Å². The number of furan rings is 1. The fourth-order valence-corrected chi connectivity index (χ4v) is 4.30. The second-order valence-corrected chi connectivity index (χ2v) is 8.52. The number of fused-ring (bicyclic) bond motifs is 1. The molecule has 170 valence electrons. The number of ether oxygens (including phenoxy) is 1. The summed E-state index contributed by atoms with van der Waals surface area (Å²) in [5.41, 5.74) is 3.29. The molecule has 7 nitrogen and oxygen atoms in total. The molecule has 1 aliphatic rings. The van der Waals surface area contributed by atoms with Crippen LogP contribution < -0.4 is 15.6 Å². The SMILES string of the molecule is CC(Oc1cncc(-c2cn(C)c(=O)c3cc(CN4CCNCC4)oc23)c1)c1ccccc1. The molecule has 1 unspecified atom stereocenters. The van der Waals surface area contributed by atoms with Crippen molar-refractivity contribution in [3.05, 3.63) is 82.7 Å². The minimum atomic E-state index is -0.113. The predicted octanol–water partition coefficient (Wildman–Crippen LogP) is 3.74. The molecule has 4 aromatic rings. The summed E-state index contributed by atoms with van der Waals surface area (Å²) in [4.78, 5) is 19.6. The molecule has 3 aromatic heterocycles. The number of hydrogen-bond donors (Lipinski definition) is 1. The van der Waals surface area contributed by atoms with Crippen molar-refractivity contribution in [2.45, 2.75) is 19.6 Å². The summed E-state index contributed by atoms with van der Waals surface area (Å²) in [6.07, 6.45) is 5.18. The average molecular weight is 445 g/mol. The molecule has 7 heteroatoms. The first kappa shape index (κ1) is 21.4. The lowest BCUT2D eigenvalue weighted by molar-refractivity contribution is 0.218. The molecule has 0 spiro atoms. The van der Waals surface area contributed by atoms with E-state index in [-0.39, 0.29) is 11.7 Å². The Morgan fingerprint density at radius 3 is 2.73 bits per heavy atom. The standard InChI is InChI=1S/C26H28N4O3/c1-18(19-6-4-3-5-7-19)32-21-12-20(14-28-15-21)24-17-29(2)26(31)23-13-22(33-25(23)24)16-30-10-8-27-9-11-30/h3-7,12-15,17-18,27H,8-11,16H2,1-2H3. The Balaban J connectivity index is 1.48. The zero-order chi connectivity index (χ0) is 22.8. The summed E-state index contributed by atoms with van der Waals surface area (Å²) in [5.74, 6) is 1.47. The van der Waals surface area contributed by atoms with Crippen LogP contribution in [-0.4, -0.2) is 40.6 Å². The highest BCUT2D eigenvalue weighted by Gasteiger charge is 2.18. The first-order valence-electron chi connectivity index (χ1n) is 11.3. The van der Waals surface area contributed by atoms with E-state index in [2.05, 4.69) is 15.2 Å². The molecule has 4 heterocycles. The van der Waals surface area contributed by atoms with Crippen molar-refractivity contribution >= 4 is 11.0 Å². The molecule has 33 heavy (non-hydrogen) atoms. The van der Waals surface area contributed by atoms with Crippen LogP contribution in [0.4, 0.5) is 0 Å². The van der Waals surface area contributed by atoms with Crippen LogP contribution >= 0.6 is 0 Å². The van der Waals surface area contributed by atoms with E-state index in [0.29, 0.717) is 23.3 Å². The number of rotatable bonds is 6. The zero-order valence-corrected chi connectivity index (χ0v) is 19.0. The molecule has 1 N–H and O–H groups in total. The fourth-order valence-electron chi connectivity index (χ4n) is 4.30. The topological polar surface area (TPSA) is 72.5 Å². The van der Waals surface area contributed by atoms with Crippen molar-refractivity contribution in [3.8, 4) is 16.9 Å². The van der Waals surface area contributed by atoms with Crippen LogP contribution in [0.1, 0.15) is 24.4 Å². The van der Waals surface area contributed by atoms with Crippen molar-refractivity contribution in [2.75, 3.05) is 26.2 Å². The Kier molecular flexibility index (Phi) is 5.98. The van der Waals surface area contributed by atoms with Crippen molar-refractivity contribution in [1.82, 2.24) is 19.8 Å². The lowest BCUT2D eigenvalue weighted by Crippen LogP contribution is -2.42. The summed E-state index contributed by atoms with van der Waals surface area (Å²) in [5, 5.41) is 3.95. The lowest BCUT2D eigenvalue weighted by Gasteiger charge is -2.26. The number of piperazine rings is 1. The van der Waals surface area contributed by atoms with Crippen LogP contribution in [0.3, 0.4) is 0 Å². The second kappa shape index (κ2) is 9.21. The minimum Gasteiger partial charge on any atom is -0.484 e. The van der Waals surface area contributed by atoms with E-state index in [0.717, 1.165) is 48.6 Å². The second-order valence-electron chi connectivity index (χ2n) is 8.52. The molecule has 0 bridgehead atoms. The largest absolute Gasteiger partial charge is 0.484 e. The molecule has 1 fully saturated rings. The fraction of sp³-hybridized carbons (Fsp3) is 0.308. The highest BCUT2D eigenvalue weighted by molar-refractivity contribution is 5.91. The summed E-state index contributed by atoms with van der Waals surface area (Å²) in [6.45, 7) is 6.56. The number of aryl methyl sites for hydroxylation is 1. The van der Waals surface area contributed by atoms with Gasteiger partial charge in [0.1, 0.15) is 23.2 Å². The van der Waals surface area contributed by atoms with Gasteiger partial charge in [-0.1, -0.05) is 30.3 Å². The van der Waals surface area contributed by atoms with Gasteiger partial charge in [0.15, 0.2) is 0 Å². The van der Waals surface area contributed by atoms with Gasteiger partial charge in [-0.25, -0.2) is 0 Å². The smallest absolute Gasteiger partial charge is 0.261 e. The van der Waals surface area contributed by atoms with Crippen LogP contribution in [0.5, 0.6) is 5.75 Å². The highest BCUT2D eigenvalue weighted by atomic mass is 16.5. The Hall–Kier alpha value is -3.42. The van der Waals surface area contributed by atoms with E-state index in [1.165, 1.54) is 0 Å². The van der Waals surface area contributed by atoms with Gasteiger partial charge in [-0.3, -0.25) is 14.7 Å². The molecule has 1 aromatic carbocycles. The monoisotopic (exact) mass is 444 g/mol. The summed E-state index contributed by atoms with van der Waals surface area (Å²) in [6, 6.07) is 13.9. The Morgan fingerprint density at radius 2 is 1.94 bits per heavy atom. The Labute approximate surface area is 192 Å². The van der Waals surface area contributed by atoms with Gasteiger partial charge in [0.25, 0.3) is 5.56 Å². The Bertz CT molecular complexity index is 1310. The third-order valence-corrected chi connectivity index (χ3v) is 6.10. The minimum absolute atomic E-state index is 0.0675. The molecule has 1 atom stereocenters. The molecule has 1 aliphatic heterocycles. The number of pyridine rings is 2. The van der Waals surface area contributed by atoms with E-state index in [9.17, 15) is 4.79 Å². The maximum atomic E-state index is 12.8. The number of hydrogen-bond acceptors (Lipinski definition) is 6. The van der Waals surface area contributed by atoms with E-state index < -0.39 is 0 Å². The molecule has 1 saturated heterocycles. The van der Waals surface area contributed by atoms with Gasteiger partial charge in [0.2, 0.25) is 0 Å². The summed E-state index contributed by atoms with van der Waals surface area (Å²) < 4.78 is 14.0. The molecule has 0 amide bonds. The maximum absolute atomic E-state index is 12.8. The van der Waals surface area contributed by atoms with Crippen molar-refractivity contribution < 1.29 is 9.15 Å². The van der Waals surface area contributed by atoms with Crippen molar-refractivity contribution in [1.29, 1.82) is 0 Å². The highest BCUT2D eigenvalue weighted by Crippen LogP contribution is 2.32. The third-order valence-electron chi connectivity index (χ3n) is 6.10. The number of benzene rings is 1. The van der Waals surface area contributed by atoms with Crippen LogP contribution in [0.15, 0.2) is 70.3 Å². The quantitative estimate of drug-likeness (QED) is 0.489. The molecule has 0 aliphatic carbocycles. The Morgan fingerprint density at radius 1 is 1.15 bits per heavy atom. The summed E-state index contributed by atoms with van der Waals surface area (Å²) >= 11 is 0. The van der Waals surface area contributed by atoms with Crippen molar-refractivity contribution in [3.63, 3.8) is 0 Å². The van der Waals surface area contributed by atoms with Gasteiger partial charge in [0.05, 0.1) is 18.1 Å². The lowest BCUT2D eigenvalue weighted by atomic mass is 10.1. The van der Waals surface area contributed by atoms with Gasteiger partial charge in [-0.05, 0) is 24.6 Å². The van der Waals surface area contributed by atoms with Gasteiger partial charge >= 0.3 is 0 Å². The first-order valence-corrected chi connectivity index (χ1v) is 11.3. The van der Waals surface area contributed by atoms with Crippen molar-refractivity contribution in [2.24, 2.45) is 7.05 Å². The number of nitrogens with one attached hydrogen (secondary N) is 1. The summed E-state index contributed by atoms with van der Waals surface area (Å²) in [7, 11) is 1.76. The molecular weight excluding hydrogens is 416 g/mol. The molecule has 0 saturated carbocycles. The normalized spacial score (nSPS) is 15.6.